The molecule has 2 aromatic carbocycles. The second kappa shape index (κ2) is 6.57. The van der Waals surface area contributed by atoms with Crippen LogP contribution in [0, 0.1) is 13.8 Å². The van der Waals surface area contributed by atoms with Gasteiger partial charge in [-0.05, 0) is 25.5 Å². The molecule has 1 atom stereocenters. The van der Waals surface area contributed by atoms with Crippen LogP contribution >= 0.6 is 11.6 Å². The van der Waals surface area contributed by atoms with E-state index in [1.165, 1.54) is 5.56 Å². The number of para-hydroxylation sites is 1. The standard InChI is InChI=1S/C20H18ClN3O2/c1-12-6-8-14(9-7-12)19-22-20(26-23-19)15-10-17(25)24(11-15)18-13(2)4-3-5-16(18)21/h3-9,15H,10-11H2,1-2H3. The molecule has 26 heavy (non-hydrogen) atoms. The van der Waals surface area contributed by atoms with Gasteiger partial charge < -0.3 is 9.42 Å². The number of carbonyl (C=O) groups is 1. The first-order valence-electron chi connectivity index (χ1n) is 8.49. The maximum absolute atomic E-state index is 12.6. The second-order valence-electron chi connectivity index (χ2n) is 6.63. The fraction of sp³-hybridized carbons (Fsp3) is 0.250. The van der Waals surface area contributed by atoms with E-state index in [2.05, 4.69) is 10.1 Å². The predicted octanol–water partition coefficient (Wildman–Crippen LogP) is 4.53. The van der Waals surface area contributed by atoms with E-state index in [0.717, 1.165) is 16.8 Å². The zero-order valence-corrected chi connectivity index (χ0v) is 15.3. The lowest BCUT2D eigenvalue weighted by Crippen LogP contribution is -2.25. The van der Waals surface area contributed by atoms with Crippen molar-refractivity contribution in [3.8, 4) is 11.4 Å². The summed E-state index contributed by atoms with van der Waals surface area (Å²) in [7, 11) is 0. The zero-order chi connectivity index (χ0) is 18.3. The lowest BCUT2D eigenvalue weighted by Gasteiger charge is -2.20. The molecule has 0 bridgehead atoms. The normalized spacial score (nSPS) is 17.1. The van der Waals surface area contributed by atoms with Crippen molar-refractivity contribution in [2.24, 2.45) is 0 Å². The van der Waals surface area contributed by atoms with Crippen LogP contribution in [-0.4, -0.2) is 22.6 Å². The Morgan fingerprint density at radius 1 is 1.15 bits per heavy atom. The van der Waals surface area contributed by atoms with E-state index in [1.807, 2.05) is 50.2 Å². The van der Waals surface area contributed by atoms with Gasteiger partial charge in [-0.3, -0.25) is 4.79 Å². The molecule has 1 saturated heterocycles. The van der Waals surface area contributed by atoms with Gasteiger partial charge in [0.05, 0.1) is 16.6 Å². The number of halogens is 1. The van der Waals surface area contributed by atoms with Gasteiger partial charge in [-0.2, -0.15) is 4.98 Å². The van der Waals surface area contributed by atoms with Crippen LogP contribution in [0.3, 0.4) is 0 Å². The summed E-state index contributed by atoms with van der Waals surface area (Å²) in [5.74, 6) is 0.909. The zero-order valence-electron chi connectivity index (χ0n) is 14.6. The van der Waals surface area contributed by atoms with Crippen LogP contribution in [0.5, 0.6) is 0 Å². The van der Waals surface area contributed by atoms with Gasteiger partial charge in [-0.1, -0.05) is 58.7 Å². The Labute approximate surface area is 156 Å². The monoisotopic (exact) mass is 367 g/mol. The van der Waals surface area contributed by atoms with Crippen LogP contribution in [0.2, 0.25) is 5.02 Å². The molecule has 1 aliphatic rings. The maximum atomic E-state index is 12.6. The Morgan fingerprint density at radius 2 is 1.92 bits per heavy atom. The average Bonchev–Trinajstić information content (AvgIpc) is 3.23. The van der Waals surface area contributed by atoms with Crippen molar-refractivity contribution < 1.29 is 9.32 Å². The molecule has 0 N–H and O–H groups in total. The molecule has 132 valence electrons. The summed E-state index contributed by atoms with van der Waals surface area (Å²) in [5, 5.41) is 4.65. The number of anilines is 1. The van der Waals surface area contributed by atoms with E-state index in [4.69, 9.17) is 16.1 Å². The number of aryl methyl sites for hydroxylation is 2. The Kier molecular flexibility index (Phi) is 4.24. The fourth-order valence-corrected chi connectivity index (χ4v) is 3.60. The quantitative estimate of drug-likeness (QED) is 0.682. The molecule has 0 aliphatic carbocycles. The summed E-state index contributed by atoms with van der Waals surface area (Å²) in [6, 6.07) is 13.6. The minimum atomic E-state index is -0.134. The number of amides is 1. The van der Waals surface area contributed by atoms with Crippen molar-refractivity contribution in [3.63, 3.8) is 0 Å². The topological polar surface area (TPSA) is 59.2 Å². The van der Waals surface area contributed by atoms with E-state index >= 15 is 0 Å². The maximum Gasteiger partial charge on any atom is 0.232 e. The number of carbonyl (C=O) groups excluding carboxylic acids is 1. The Balaban J connectivity index is 1.59. The summed E-state index contributed by atoms with van der Waals surface area (Å²) >= 11 is 6.32. The van der Waals surface area contributed by atoms with E-state index in [1.54, 1.807) is 11.0 Å². The van der Waals surface area contributed by atoms with Crippen LogP contribution in [0.1, 0.15) is 29.4 Å². The highest BCUT2D eigenvalue weighted by Gasteiger charge is 2.36. The largest absolute Gasteiger partial charge is 0.339 e. The molecule has 6 heteroatoms. The molecule has 0 radical (unpaired) electrons. The van der Waals surface area contributed by atoms with Gasteiger partial charge >= 0.3 is 0 Å². The molecule has 1 aromatic heterocycles. The van der Waals surface area contributed by atoms with Crippen molar-refractivity contribution in [1.82, 2.24) is 10.1 Å². The van der Waals surface area contributed by atoms with Gasteiger partial charge in [0.1, 0.15) is 0 Å². The van der Waals surface area contributed by atoms with E-state index < -0.39 is 0 Å². The highest BCUT2D eigenvalue weighted by atomic mass is 35.5. The summed E-state index contributed by atoms with van der Waals surface area (Å²) in [6.45, 7) is 4.46. The summed E-state index contributed by atoms with van der Waals surface area (Å²) < 4.78 is 5.45. The highest BCUT2D eigenvalue weighted by Crippen LogP contribution is 2.37. The molecule has 1 fully saturated rings. The molecule has 4 rings (SSSR count). The lowest BCUT2D eigenvalue weighted by molar-refractivity contribution is -0.117. The van der Waals surface area contributed by atoms with Gasteiger partial charge in [0.25, 0.3) is 0 Å². The smallest absolute Gasteiger partial charge is 0.232 e. The van der Waals surface area contributed by atoms with E-state index in [-0.39, 0.29) is 11.8 Å². The van der Waals surface area contributed by atoms with Crippen molar-refractivity contribution in [1.29, 1.82) is 0 Å². The van der Waals surface area contributed by atoms with Gasteiger partial charge in [-0.25, -0.2) is 0 Å². The van der Waals surface area contributed by atoms with Crippen LogP contribution in [-0.2, 0) is 4.79 Å². The number of aromatic nitrogens is 2. The Bertz CT molecular complexity index is 945. The Hall–Kier alpha value is -2.66. The third-order valence-electron chi connectivity index (χ3n) is 4.68. The molecule has 0 saturated carbocycles. The first-order valence-corrected chi connectivity index (χ1v) is 8.87. The van der Waals surface area contributed by atoms with Crippen molar-refractivity contribution in [2.45, 2.75) is 26.2 Å². The van der Waals surface area contributed by atoms with Gasteiger partial charge in [0.2, 0.25) is 17.6 Å². The number of nitrogens with zero attached hydrogens (tertiary/aromatic N) is 3. The fourth-order valence-electron chi connectivity index (χ4n) is 3.27. The molecule has 1 aliphatic heterocycles. The molecule has 5 nitrogen and oxygen atoms in total. The third kappa shape index (κ3) is 2.99. The van der Waals surface area contributed by atoms with Crippen LogP contribution < -0.4 is 4.90 Å². The van der Waals surface area contributed by atoms with Gasteiger partial charge in [0.15, 0.2) is 0 Å². The van der Waals surface area contributed by atoms with E-state index in [0.29, 0.717) is 29.7 Å². The number of hydrogen-bond donors (Lipinski definition) is 0. The average molecular weight is 368 g/mol. The summed E-state index contributed by atoms with van der Waals surface area (Å²) in [6.07, 6.45) is 0.334. The first kappa shape index (κ1) is 16.8. The lowest BCUT2D eigenvalue weighted by atomic mass is 10.1. The number of rotatable bonds is 3. The first-order chi connectivity index (χ1) is 12.5. The number of hydrogen-bond acceptors (Lipinski definition) is 4. The molecule has 1 unspecified atom stereocenters. The molecular formula is C20H18ClN3O2. The number of benzene rings is 2. The minimum absolute atomic E-state index is 0.0151. The third-order valence-corrected chi connectivity index (χ3v) is 4.99. The van der Waals surface area contributed by atoms with Crippen LogP contribution in [0.4, 0.5) is 5.69 Å². The van der Waals surface area contributed by atoms with Gasteiger partial charge in [-0.15, -0.1) is 0 Å². The summed E-state index contributed by atoms with van der Waals surface area (Å²) in [5.41, 5.74) is 3.80. The molecule has 1 amide bonds. The predicted molar refractivity (Wildman–Crippen MR) is 100 cm³/mol. The SMILES string of the molecule is Cc1ccc(-c2noc(C3CC(=O)N(c4c(C)cccc4Cl)C3)n2)cc1. The van der Waals surface area contributed by atoms with E-state index in [9.17, 15) is 4.79 Å². The van der Waals surface area contributed by atoms with Crippen LogP contribution in [0.15, 0.2) is 47.0 Å². The molecular weight excluding hydrogens is 350 g/mol. The molecule has 2 heterocycles. The second-order valence-corrected chi connectivity index (χ2v) is 7.04. The Morgan fingerprint density at radius 3 is 2.65 bits per heavy atom. The van der Waals surface area contributed by atoms with Crippen molar-refractivity contribution in [3.05, 3.63) is 64.5 Å². The minimum Gasteiger partial charge on any atom is -0.339 e. The summed E-state index contributed by atoms with van der Waals surface area (Å²) in [4.78, 5) is 18.8. The highest BCUT2D eigenvalue weighted by molar-refractivity contribution is 6.34. The molecule has 0 spiro atoms. The molecule has 3 aromatic rings. The van der Waals surface area contributed by atoms with Crippen LogP contribution in [0.25, 0.3) is 11.4 Å². The van der Waals surface area contributed by atoms with Crippen molar-refractivity contribution >= 4 is 23.2 Å². The van der Waals surface area contributed by atoms with Gasteiger partial charge in [0, 0.05) is 18.5 Å². The van der Waals surface area contributed by atoms with Crippen molar-refractivity contribution in [2.75, 3.05) is 11.4 Å².